The van der Waals surface area contributed by atoms with E-state index in [9.17, 15) is 0 Å². The highest BCUT2D eigenvalue weighted by Gasteiger charge is 1.83. The summed E-state index contributed by atoms with van der Waals surface area (Å²) in [6.07, 6.45) is 0.660. The van der Waals surface area contributed by atoms with Gasteiger partial charge in [0.2, 0.25) is 0 Å². The van der Waals surface area contributed by atoms with Crippen LogP contribution in [0.3, 0.4) is 0 Å². The van der Waals surface area contributed by atoms with Crippen LogP contribution in [0.4, 0.5) is 0 Å². The molecule has 0 rings (SSSR count). The number of halogens is 1. The Labute approximate surface area is 51.2 Å². The quantitative estimate of drug-likeness (QED) is 0.447. The summed E-state index contributed by atoms with van der Waals surface area (Å²) in [6.45, 7) is 3.31. The Kier molecular flexibility index (Phi) is 3.77. The van der Waals surface area contributed by atoms with Gasteiger partial charge in [0.25, 0.3) is 0 Å². The fourth-order valence-corrected chi connectivity index (χ4v) is 0.349. The van der Waals surface area contributed by atoms with Crippen molar-refractivity contribution in [2.75, 3.05) is 0 Å². The first-order chi connectivity index (χ1) is 3.31. The minimum absolute atomic E-state index is 0.695. The van der Waals surface area contributed by atoms with Gasteiger partial charge in [0.1, 0.15) is 6.10 Å². The number of rotatable bonds is 1. The van der Waals surface area contributed by atoms with Gasteiger partial charge in [-0.05, 0) is 4.83 Å². The zero-order valence-corrected chi connectivity index (χ0v) is 5.27. The van der Waals surface area contributed by atoms with Crippen LogP contribution in [0.5, 0.6) is 0 Å². The van der Waals surface area contributed by atoms with Gasteiger partial charge in [-0.3, -0.25) is 0 Å². The second-order valence-electron chi connectivity index (χ2n) is 0.919. The molecule has 0 aromatic carbocycles. The Hall–Kier alpha value is -0.260. The number of aliphatic hydroxyl groups is 1. The summed E-state index contributed by atoms with van der Waals surface area (Å²) in [5.41, 5.74) is 0. The van der Waals surface area contributed by atoms with Crippen LogP contribution < -0.4 is 0 Å². The standard InChI is InChI=1S/C5H5BrO/c1-2-5(7)3-4-6/h2,5,7H,1H2. The van der Waals surface area contributed by atoms with Crippen molar-refractivity contribution in [3.8, 4) is 10.8 Å². The van der Waals surface area contributed by atoms with E-state index in [0.29, 0.717) is 0 Å². The van der Waals surface area contributed by atoms with Gasteiger partial charge in [-0.15, -0.1) is 0 Å². The zero-order chi connectivity index (χ0) is 5.70. The van der Waals surface area contributed by atoms with Gasteiger partial charge in [0.15, 0.2) is 0 Å². The van der Waals surface area contributed by atoms with Crippen molar-refractivity contribution in [3.05, 3.63) is 12.7 Å². The summed E-state index contributed by atoms with van der Waals surface area (Å²) in [6, 6.07) is 0. The highest BCUT2D eigenvalue weighted by molar-refractivity contribution is 9.12. The predicted octanol–water partition coefficient (Wildman–Crippen LogP) is 0.889. The van der Waals surface area contributed by atoms with Gasteiger partial charge >= 0.3 is 0 Å². The molecular weight excluding hydrogens is 156 g/mol. The number of aliphatic hydroxyl groups excluding tert-OH is 1. The third-order valence-corrected chi connectivity index (χ3v) is 0.655. The zero-order valence-electron chi connectivity index (χ0n) is 3.69. The van der Waals surface area contributed by atoms with Gasteiger partial charge in [-0.1, -0.05) is 18.6 Å². The molecule has 38 valence electrons. The Morgan fingerprint density at radius 1 is 1.86 bits per heavy atom. The second kappa shape index (κ2) is 3.91. The van der Waals surface area contributed by atoms with Crippen molar-refractivity contribution >= 4 is 15.9 Å². The molecule has 0 heterocycles. The van der Waals surface area contributed by atoms with Gasteiger partial charge < -0.3 is 5.11 Å². The summed E-state index contributed by atoms with van der Waals surface area (Å²) in [5.74, 6) is 2.40. The maximum atomic E-state index is 8.54. The Bertz CT molecular complexity index is 109. The van der Waals surface area contributed by atoms with Crippen molar-refractivity contribution in [3.63, 3.8) is 0 Å². The van der Waals surface area contributed by atoms with Crippen LogP contribution in [0.25, 0.3) is 0 Å². The molecule has 1 nitrogen and oxygen atoms in total. The van der Waals surface area contributed by atoms with Crippen LogP contribution in [0.1, 0.15) is 0 Å². The minimum Gasteiger partial charge on any atom is -0.377 e. The van der Waals surface area contributed by atoms with E-state index in [0.717, 1.165) is 0 Å². The van der Waals surface area contributed by atoms with E-state index in [4.69, 9.17) is 5.11 Å². The molecule has 0 amide bonds. The molecule has 0 aliphatic rings. The summed E-state index contributed by atoms with van der Waals surface area (Å²) < 4.78 is 0. The lowest BCUT2D eigenvalue weighted by molar-refractivity contribution is 0.281. The maximum absolute atomic E-state index is 8.54. The topological polar surface area (TPSA) is 20.2 Å². The van der Waals surface area contributed by atoms with Crippen LogP contribution in [0.15, 0.2) is 12.7 Å². The first-order valence-electron chi connectivity index (χ1n) is 1.73. The third-order valence-electron chi connectivity index (χ3n) is 0.426. The largest absolute Gasteiger partial charge is 0.377 e. The lowest BCUT2D eigenvalue weighted by Crippen LogP contribution is -1.93. The molecule has 2 heteroatoms. The fourth-order valence-electron chi connectivity index (χ4n) is 0.115. The molecule has 0 aromatic rings. The van der Waals surface area contributed by atoms with E-state index in [2.05, 4.69) is 33.3 Å². The molecule has 7 heavy (non-hydrogen) atoms. The molecule has 1 N–H and O–H groups in total. The monoisotopic (exact) mass is 160 g/mol. The average Bonchev–Trinajstić information content (AvgIpc) is 1.68. The number of hydrogen-bond acceptors (Lipinski definition) is 1. The van der Waals surface area contributed by atoms with Gasteiger partial charge in [0.05, 0.1) is 0 Å². The van der Waals surface area contributed by atoms with E-state index < -0.39 is 6.10 Å². The molecule has 0 aliphatic heterocycles. The highest BCUT2D eigenvalue weighted by atomic mass is 79.9. The molecule has 0 bridgehead atoms. The van der Waals surface area contributed by atoms with E-state index in [1.54, 1.807) is 0 Å². The van der Waals surface area contributed by atoms with Gasteiger partial charge in [-0.25, -0.2) is 0 Å². The van der Waals surface area contributed by atoms with Crippen LogP contribution in [-0.4, -0.2) is 11.2 Å². The Morgan fingerprint density at radius 3 is 2.57 bits per heavy atom. The van der Waals surface area contributed by atoms with Gasteiger partial charge in [0, 0.05) is 15.9 Å². The Morgan fingerprint density at radius 2 is 2.43 bits per heavy atom. The van der Waals surface area contributed by atoms with Crippen molar-refractivity contribution in [2.24, 2.45) is 0 Å². The molecule has 0 aromatic heterocycles. The first-order valence-corrected chi connectivity index (χ1v) is 2.52. The van der Waals surface area contributed by atoms with E-state index in [1.165, 1.54) is 6.08 Å². The molecular formula is C5H5BrO. The molecule has 0 fully saturated rings. The molecule has 0 spiro atoms. The third kappa shape index (κ3) is 3.57. The van der Waals surface area contributed by atoms with Gasteiger partial charge in [-0.2, -0.15) is 0 Å². The van der Waals surface area contributed by atoms with E-state index in [-0.39, 0.29) is 0 Å². The normalized spacial score (nSPS) is 11.1. The summed E-state index contributed by atoms with van der Waals surface area (Å²) in [5, 5.41) is 8.54. The van der Waals surface area contributed by atoms with Crippen LogP contribution in [-0.2, 0) is 0 Å². The number of hydrogen-bond donors (Lipinski definition) is 1. The smallest absolute Gasteiger partial charge is 0.134 e. The average molecular weight is 161 g/mol. The molecule has 0 saturated heterocycles. The summed E-state index contributed by atoms with van der Waals surface area (Å²) >= 11 is 2.82. The maximum Gasteiger partial charge on any atom is 0.134 e. The minimum atomic E-state index is -0.695. The fraction of sp³-hybridized carbons (Fsp3) is 0.200. The summed E-state index contributed by atoms with van der Waals surface area (Å²) in [7, 11) is 0. The highest BCUT2D eigenvalue weighted by Crippen LogP contribution is 1.79. The first kappa shape index (κ1) is 6.74. The van der Waals surface area contributed by atoms with Crippen molar-refractivity contribution in [1.29, 1.82) is 0 Å². The van der Waals surface area contributed by atoms with Crippen LogP contribution >= 0.6 is 15.9 Å². The van der Waals surface area contributed by atoms with E-state index >= 15 is 0 Å². The van der Waals surface area contributed by atoms with Crippen LogP contribution in [0, 0.1) is 10.8 Å². The van der Waals surface area contributed by atoms with Crippen molar-refractivity contribution in [2.45, 2.75) is 6.10 Å². The van der Waals surface area contributed by atoms with Crippen LogP contribution in [0.2, 0.25) is 0 Å². The Balaban J connectivity index is 3.49. The molecule has 0 aliphatic carbocycles. The molecule has 0 radical (unpaired) electrons. The molecule has 1 unspecified atom stereocenters. The lowest BCUT2D eigenvalue weighted by atomic mass is 10.4. The predicted molar refractivity (Wildman–Crippen MR) is 32.9 cm³/mol. The van der Waals surface area contributed by atoms with Crippen molar-refractivity contribution in [1.82, 2.24) is 0 Å². The summed E-state index contributed by atoms with van der Waals surface area (Å²) in [4.78, 5) is 2.36. The lowest BCUT2D eigenvalue weighted by Gasteiger charge is -1.85. The molecule has 0 saturated carbocycles. The van der Waals surface area contributed by atoms with Crippen molar-refractivity contribution < 1.29 is 5.11 Å². The SMILES string of the molecule is C=CC(O)C#CBr. The molecule has 1 atom stereocenters. The van der Waals surface area contributed by atoms with E-state index in [1.807, 2.05) is 0 Å². The second-order valence-corrected chi connectivity index (χ2v) is 1.32.